The summed E-state index contributed by atoms with van der Waals surface area (Å²) >= 11 is 0. The van der Waals surface area contributed by atoms with E-state index in [2.05, 4.69) is 5.32 Å². The minimum absolute atomic E-state index is 0. The maximum Gasteiger partial charge on any atom is 0.243 e. The molecule has 6 nitrogen and oxygen atoms in total. The van der Waals surface area contributed by atoms with Crippen molar-refractivity contribution in [3.8, 4) is 0 Å². The fraction of sp³-hybridized carbons (Fsp3) is 0.429. The molecule has 1 unspecified atom stereocenters. The molecule has 0 radical (unpaired) electrons. The first kappa shape index (κ1) is 17.4. The Morgan fingerprint density at radius 1 is 1.48 bits per heavy atom. The van der Waals surface area contributed by atoms with Crippen LogP contribution in [0.5, 0.6) is 0 Å². The zero-order chi connectivity index (χ0) is 14.7. The van der Waals surface area contributed by atoms with E-state index >= 15 is 0 Å². The third-order valence-corrected chi connectivity index (χ3v) is 3.31. The standard InChI is InChI=1S/C14H19N3O3.ClH/c1-9(18)17-6-5-10-7-11(3-4-13(10)17)16-14(19)12(15)8-20-2;/h3-4,7,12H,5-6,8,15H2,1-2H3,(H,16,19);1H. The quantitative estimate of drug-likeness (QED) is 0.866. The van der Waals surface area contributed by atoms with Gasteiger partial charge in [-0.25, -0.2) is 0 Å². The molecule has 1 atom stereocenters. The van der Waals surface area contributed by atoms with E-state index in [-0.39, 0.29) is 30.8 Å². The van der Waals surface area contributed by atoms with Crippen molar-refractivity contribution in [2.75, 3.05) is 30.5 Å². The fourth-order valence-electron chi connectivity index (χ4n) is 2.30. The number of nitrogens with two attached hydrogens (primary N) is 1. The van der Waals surface area contributed by atoms with Crippen molar-refractivity contribution in [2.24, 2.45) is 5.73 Å². The number of benzene rings is 1. The molecule has 0 bridgehead atoms. The molecule has 0 saturated carbocycles. The number of anilines is 2. The first-order chi connectivity index (χ1) is 9.52. The minimum atomic E-state index is -0.693. The van der Waals surface area contributed by atoms with Gasteiger partial charge in [-0.15, -0.1) is 12.4 Å². The number of carbonyl (C=O) groups excluding carboxylic acids is 2. The van der Waals surface area contributed by atoms with Crippen molar-refractivity contribution in [1.29, 1.82) is 0 Å². The molecule has 0 spiro atoms. The topological polar surface area (TPSA) is 84.7 Å². The van der Waals surface area contributed by atoms with Gasteiger partial charge in [0.2, 0.25) is 11.8 Å². The van der Waals surface area contributed by atoms with Crippen LogP contribution in [0.15, 0.2) is 18.2 Å². The van der Waals surface area contributed by atoms with Crippen LogP contribution in [0.3, 0.4) is 0 Å². The largest absolute Gasteiger partial charge is 0.383 e. The van der Waals surface area contributed by atoms with E-state index in [0.717, 1.165) is 17.7 Å². The monoisotopic (exact) mass is 313 g/mol. The summed E-state index contributed by atoms with van der Waals surface area (Å²) in [5.74, 6) is -0.254. The van der Waals surface area contributed by atoms with Crippen molar-refractivity contribution in [3.05, 3.63) is 23.8 Å². The number of carbonyl (C=O) groups is 2. The number of amides is 2. The highest BCUT2D eigenvalue weighted by Gasteiger charge is 2.22. The molecule has 3 N–H and O–H groups in total. The number of halogens is 1. The molecule has 2 amide bonds. The summed E-state index contributed by atoms with van der Waals surface area (Å²) in [7, 11) is 1.50. The second kappa shape index (κ2) is 7.40. The number of rotatable bonds is 4. The average molecular weight is 314 g/mol. The zero-order valence-corrected chi connectivity index (χ0v) is 12.9. The van der Waals surface area contributed by atoms with Gasteiger partial charge in [-0.2, -0.15) is 0 Å². The molecule has 0 fully saturated rings. The Bertz CT molecular complexity index is 536. The fourth-order valence-corrected chi connectivity index (χ4v) is 2.30. The van der Waals surface area contributed by atoms with Gasteiger partial charge in [0, 0.05) is 32.0 Å². The summed E-state index contributed by atoms with van der Waals surface area (Å²) in [5.41, 5.74) is 8.31. The van der Waals surface area contributed by atoms with Crippen molar-refractivity contribution >= 4 is 35.6 Å². The highest BCUT2D eigenvalue weighted by atomic mass is 35.5. The van der Waals surface area contributed by atoms with Gasteiger partial charge in [-0.05, 0) is 30.2 Å². The van der Waals surface area contributed by atoms with Crippen LogP contribution in [0.4, 0.5) is 11.4 Å². The normalized spacial score (nSPS) is 14.1. The second-order valence-corrected chi connectivity index (χ2v) is 4.82. The van der Waals surface area contributed by atoms with Crippen LogP contribution >= 0.6 is 12.4 Å². The third kappa shape index (κ3) is 3.93. The third-order valence-electron chi connectivity index (χ3n) is 3.31. The molecule has 116 valence electrons. The first-order valence-corrected chi connectivity index (χ1v) is 6.49. The summed E-state index contributed by atoms with van der Waals surface area (Å²) in [6.07, 6.45) is 0.794. The van der Waals surface area contributed by atoms with Crippen LogP contribution in [0.1, 0.15) is 12.5 Å². The maximum absolute atomic E-state index is 11.8. The van der Waals surface area contributed by atoms with E-state index in [4.69, 9.17) is 10.5 Å². The molecule has 1 aliphatic heterocycles. The number of nitrogens with one attached hydrogen (secondary N) is 1. The van der Waals surface area contributed by atoms with Gasteiger partial charge in [0.1, 0.15) is 6.04 Å². The Kier molecular flexibility index (Phi) is 6.14. The highest BCUT2D eigenvalue weighted by molar-refractivity contribution is 5.97. The maximum atomic E-state index is 11.8. The van der Waals surface area contributed by atoms with Crippen molar-refractivity contribution < 1.29 is 14.3 Å². The smallest absolute Gasteiger partial charge is 0.243 e. The molecule has 1 heterocycles. The highest BCUT2D eigenvalue weighted by Crippen LogP contribution is 2.30. The van der Waals surface area contributed by atoms with Gasteiger partial charge in [0.25, 0.3) is 0 Å². The molecule has 0 aromatic heterocycles. The minimum Gasteiger partial charge on any atom is -0.383 e. The van der Waals surface area contributed by atoms with Gasteiger partial charge >= 0.3 is 0 Å². The van der Waals surface area contributed by atoms with E-state index in [1.165, 1.54) is 7.11 Å². The van der Waals surface area contributed by atoms with E-state index in [9.17, 15) is 9.59 Å². The molecule has 2 rings (SSSR count). The first-order valence-electron chi connectivity index (χ1n) is 6.49. The van der Waals surface area contributed by atoms with Crippen LogP contribution in [-0.4, -0.2) is 38.1 Å². The lowest BCUT2D eigenvalue weighted by molar-refractivity contribution is -0.118. The Morgan fingerprint density at radius 3 is 2.81 bits per heavy atom. The van der Waals surface area contributed by atoms with Crippen LogP contribution in [0.25, 0.3) is 0 Å². The molecule has 21 heavy (non-hydrogen) atoms. The van der Waals surface area contributed by atoms with Gasteiger partial charge in [-0.1, -0.05) is 0 Å². The lowest BCUT2D eigenvalue weighted by Crippen LogP contribution is -2.39. The van der Waals surface area contributed by atoms with Crippen LogP contribution in [-0.2, 0) is 20.7 Å². The number of fused-ring (bicyclic) bond motifs is 1. The van der Waals surface area contributed by atoms with E-state index in [0.29, 0.717) is 12.2 Å². The SMILES string of the molecule is COCC(N)C(=O)Nc1ccc2c(c1)CCN2C(C)=O.Cl. The average Bonchev–Trinajstić information content (AvgIpc) is 2.82. The van der Waals surface area contributed by atoms with Crippen molar-refractivity contribution in [3.63, 3.8) is 0 Å². The second-order valence-electron chi connectivity index (χ2n) is 4.82. The van der Waals surface area contributed by atoms with Crippen LogP contribution < -0.4 is 16.0 Å². The number of hydrogen-bond acceptors (Lipinski definition) is 4. The summed E-state index contributed by atoms with van der Waals surface area (Å²) in [6.45, 7) is 2.41. The number of nitrogens with zero attached hydrogens (tertiary/aromatic N) is 1. The van der Waals surface area contributed by atoms with Crippen molar-refractivity contribution in [1.82, 2.24) is 0 Å². The number of methoxy groups -OCH3 is 1. The Morgan fingerprint density at radius 2 is 2.19 bits per heavy atom. The van der Waals surface area contributed by atoms with E-state index in [1.807, 2.05) is 12.1 Å². The molecule has 1 aromatic carbocycles. The van der Waals surface area contributed by atoms with Gasteiger partial charge in [0.05, 0.1) is 6.61 Å². The Hall–Kier alpha value is -1.63. The van der Waals surface area contributed by atoms with Crippen molar-refractivity contribution in [2.45, 2.75) is 19.4 Å². The molecule has 1 aromatic rings. The molecule has 0 saturated heterocycles. The predicted octanol–water partition coefficient (Wildman–Crippen LogP) is 0.930. The van der Waals surface area contributed by atoms with Gasteiger partial charge in [-0.3, -0.25) is 9.59 Å². The van der Waals surface area contributed by atoms with Crippen LogP contribution in [0.2, 0.25) is 0 Å². The number of ether oxygens (including phenoxy) is 1. The Balaban J connectivity index is 0.00000220. The summed E-state index contributed by atoms with van der Waals surface area (Å²) < 4.78 is 4.85. The molecular formula is C14H20ClN3O3. The molecule has 0 aliphatic carbocycles. The van der Waals surface area contributed by atoms with E-state index < -0.39 is 6.04 Å². The summed E-state index contributed by atoms with van der Waals surface area (Å²) in [6, 6.07) is 4.82. The Labute approximate surface area is 130 Å². The lowest BCUT2D eigenvalue weighted by Gasteiger charge is -2.15. The molecular weight excluding hydrogens is 294 g/mol. The van der Waals surface area contributed by atoms with Gasteiger partial charge < -0.3 is 20.7 Å². The van der Waals surface area contributed by atoms with E-state index in [1.54, 1.807) is 17.9 Å². The summed E-state index contributed by atoms with van der Waals surface area (Å²) in [5, 5.41) is 2.75. The summed E-state index contributed by atoms with van der Waals surface area (Å²) in [4.78, 5) is 25.0. The van der Waals surface area contributed by atoms with Crippen LogP contribution in [0, 0.1) is 0 Å². The zero-order valence-electron chi connectivity index (χ0n) is 12.1. The predicted molar refractivity (Wildman–Crippen MR) is 83.9 cm³/mol. The molecule has 1 aliphatic rings. The van der Waals surface area contributed by atoms with Gasteiger partial charge in [0.15, 0.2) is 0 Å². The molecule has 7 heteroatoms. The lowest BCUT2D eigenvalue weighted by atomic mass is 10.1. The number of hydrogen-bond donors (Lipinski definition) is 2.